The number of hydrogen-bond donors (Lipinski definition) is 3. The fraction of sp³-hybridized carbons (Fsp3) is 0.375. The van der Waals surface area contributed by atoms with Gasteiger partial charge in [-0.25, -0.2) is 4.98 Å². The van der Waals surface area contributed by atoms with Crippen molar-refractivity contribution in [3.63, 3.8) is 0 Å². The van der Waals surface area contributed by atoms with Crippen LogP contribution in [0.1, 0.15) is 0 Å². The number of rotatable bonds is 4. The lowest BCUT2D eigenvalue weighted by molar-refractivity contribution is -0.118. The van der Waals surface area contributed by atoms with Crippen LogP contribution in [0, 0.1) is 0 Å². The summed E-state index contributed by atoms with van der Waals surface area (Å²) in [6.07, 6.45) is 1.23. The summed E-state index contributed by atoms with van der Waals surface area (Å²) >= 11 is 0. The first-order valence-corrected chi connectivity index (χ1v) is 4.25. The molecule has 0 aromatic carbocycles. The third-order valence-corrected chi connectivity index (χ3v) is 1.71. The van der Waals surface area contributed by atoms with E-state index in [2.05, 4.69) is 20.6 Å². The Labute approximate surface area is 85.9 Å². The van der Waals surface area contributed by atoms with Crippen LogP contribution in [0.5, 0.6) is 5.75 Å². The summed E-state index contributed by atoms with van der Waals surface area (Å²) in [5, 5.41) is 5.12. The SMILES string of the molecule is CNC(=O)CNc1nc[nH]c(=O)c1OC. The van der Waals surface area contributed by atoms with E-state index in [1.54, 1.807) is 0 Å². The molecular weight excluding hydrogens is 200 g/mol. The fourth-order valence-corrected chi connectivity index (χ4v) is 0.955. The average molecular weight is 212 g/mol. The molecule has 7 heteroatoms. The van der Waals surface area contributed by atoms with Gasteiger partial charge in [0.2, 0.25) is 11.7 Å². The summed E-state index contributed by atoms with van der Waals surface area (Å²) in [5.41, 5.74) is -0.396. The number of anilines is 1. The Morgan fingerprint density at radius 1 is 1.67 bits per heavy atom. The van der Waals surface area contributed by atoms with E-state index >= 15 is 0 Å². The molecule has 1 amide bonds. The molecule has 1 rings (SSSR count). The molecule has 1 aromatic rings. The molecular formula is C8H12N4O3. The van der Waals surface area contributed by atoms with Crippen LogP contribution in [0.2, 0.25) is 0 Å². The third-order valence-electron chi connectivity index (χ3n) is 1.71. The van der Waals surface area contributed by atoms with Crippen LogP contribution in [0.15, 0.2) is 11.1 Å². The minimum atomic E-state index is -0.396. The second kappa shape index (κ2) is 4.99. The van der Waals surface area contributed by atoms with Gasteiger partial charge in [-0.2, -0.15) is 0 Å². The van der Waals surface area contributed by atoms with Crippen LogP contribution >= 0.6 is 0 Å². The molecule has 0 radical (unpaired) electrons. The molecule has 3 N–H and O–H groups in total. The lowest BCUT2D eigenvalue weighted by atomic mass is 10.5. The van der Waals surface area contributed by atoms with E-state index in [0.29, 0.717) is 0 Å². The van der Waals surface area contributed by atoms with Gasteiger partial charge in [-0.3, -0.25) is 9.59 Å². The highest BCUT2D eigenvalue weighted by Crippen LogP contribution is 2.13. The molecule has 0 fully saturated rings. The Balaban J connectivity index is 2.81. The Hall–Kier alpha value is -2.05. The predicted octanol–water partition coefficient (Wildman–Crippen LogP) is -1.06. The quantitative estimate of drug-likeness (QED) is 0.591. The monoisotopic (exact) mass is 212 g/mol. The first kappa shape index (κ1) is 11.0. The number of aromatic nitrogens is 2. The maximum absolute atomic E-state index is 11.2. The first-order valence-electron chi connectivity index (χ1n) is 4.25. The van der Waals surface area contributed by atoms with Gasteiger partial charge in [-0.05, 0) is 0 Å². The van der Waals surface area contributed by atoms with Gasteiger partial charge in [0.05, 0.1) is 20.0 Å². The van der Waals surface area contributed by atoms with Crippen LogP contribution in [0.25, 0.3) is 0 Å². The third kappa shape index (κ3) is 2.70. The van der Waals surface area contributed by atoms with Crippen molar-refractivity contribution in [2.45, 2.75) is 0 Å². The van der Waals surface area contributed by atoms with Crippen LogP contribution in [0.4, 0.5) is 5.82 Å². The van der Waals surface area contributed by atoms with Gasteiger partial charge in [-0.1, -0.05) is 0 Å². The summed E-state index contributed by atoms with van der Waals surface area (Å²) < 4.78 is 4.84. The Morgan fingerprint density at radius 3 is 3.00 bits per heavy atom. The maximum Gasteiger partial charge on any atom is 0.295 e. The van der Waals surface area contributed by atoms with Crippen LogP contribution in [-0.4, -0.2) is 36.6 Å². The standard InChI is InChI=1S/C8H12N4O3/c1-9-5(13)3-10-7-6(15-2)8(14)12-4-11-7/h4H,3H2,1-2H3,(H,9,13)(H2,10,11,12,14). The number of likely N-dealkylation sites (N-methyl/N-ethyl adjacent to an activating group) is 1. The van der Waals surface area contributed by atoms with E-state index < -0.39 is 5.56 Å². The molecule has 0 spiro atoms. The molecule has 0 aliphatic heterocycles. The Bertz CT molecular complexity index is 401. The summed E-state index contributed by atoms with van der Waals surface area (Å²) in [6.45, 7) is 0.0311. The number of carbonyl (C=O) groups excluding carboxylic acids is 1. The molecule has 0 atom stereocenters. The highest BCUT2D eigenvalue weighted by Gasteiger charge is 2.08. The number of nitrogens with zero attached hydrogens (tertiary/aromatic N) is 1. The summed E-state index contributed by atoms with van der Waals surface area (Å²) in [6, 6.07) is 0. The lowest BCUT2D eigenvalue weighted by Crippen LogP contribution is -2.27. The smallest absolute Gasteiger partial charge is 0.295 e. The molecule has 1 heterocycles. The maximum atomic E-state index is 11.2. The molecule has 0 aliphatic rings. The van der Waals surface area contributed by atoms with Gasteiger partial charge >= 0.3 is 0 Å². The number of methoxy groups -OCH3 is 1. The first-order chi connectivity index (χ1) is 7.19. The summed E-state index contributed by atoms with van der Waals surface area (Å²) in [5.74, 6) is 0.0883. The molecule has 0 bridgehead atoms. The van der Waals surface area contributed by atoms with Gasteiger partial charge in [-0.15, -0.1) is 0 Å². The van der Waals surface area contributed by atoms with Crippen molar-refractivity contribution in [1.29, 1.82) is 0 Å². The molecule has 82 valence electrons. The molecule has 0 saturated heterocycles. The van der Waals surface area contributed by atoms with E-state index in [4.69, 9.17) is 4.74 Å². The van der Waals surface area contributed by atoms with E-state index in [0.717, 1.165) is 0 Å². The topological polar surface area (TPSA) is 96.1 Å². The number of H-pyrrole nitrogens is 1. The number of aromatic amines is 1. The van der Waals surface area contributed by atoms with Crippen LogP contribution < -0.4 is 20.9 Å². The number of carbonyl (C=O) groups is 1. The zero-order valence-corrected chi connectivity index (χ0v) is 8.46. The molecule has 0 aliphatic carbocycles. The van der Waals surface area contributed by atoms with Crippen molar-refractivity contribution < 1.29 is 9.53 Å². The van der Waals surface area contributed by atoms with Crippen LogP contribution in [-0.2, 0) is 4.79 Å². The van der Waals surface area contributed by atoms with Crippen molar-refractivity contribution in [3.8, 4) is 5.75 Å². The predicted molar refractivity (Wildman–Crippen MR) is 54.0 cm³/mol. The Morgan fingerprint density at radius 2 is 2.40 bits per heavy atom. The van der Waals surface area contributed by atoms with Crippen molar-refractivity contribution in [2.24, 2.45) is 0 Å². The zero-order chi connectivity index (χ0) is 11.3. The van der Waals surface area contributed by atoms with Crippen molar-refractivity contribution in [3.05, 3.63) is 16.7 Å². The van der Waals surface area contributed by atoms with Crippen LogP contribution in [0.3, 0.4) is 0 Å². The Kier molecular flexibility index (Phi) is 3.67. The lowest BCUT2D eigenvalue weighted by Gasteiger charge is -2.07. The van der Waals surface area contributed by atoms with Gasteiger partial charge in [0.1, 0.15) is 0 Å². The van der Waals surface area contributed by atoms with Gasteiger partial charge in [0.15, 0.2) is 5.82 Å². The second-order valence-electron chi connectivity index (χ2n) is 2.64. The van der Waals surface area contributed by atoms with Crippen molar-refractivity contribution in [1.82, 2.24) is 15.3 Å². The minimum Gasteiger partial charge on any atom is -0.489 e. The van der Waals surface area contributed by atoms with Gasteiger partial charge in [0, 0.05) is 7.05 Å². The van der Waals surface area contributed by atoms with Crippen molar-refractivity contribution >= 4 is 11.7 Å². The summed E-state index contributed by atoms with van der Waals surface area (Å²) in [4.78, 5) is 28.4. The average Bonchev–Trinajstić information content (AvgIpc) is 2.25. The molecule has 1 aromatic heterocycles. The normalized spacial score (nSPS) is 9.47. The van der Waals surface area contributed by atoms with Gasteiger partial charge in [0.25, 0.3) is 5.56 Å². The minimum absolute atomic E-state index is 0.0311. The van der Waals surface area contributed by atoms with E-state index in [-0.39, 0.29) is 24.0 Å². The summed E-state index contributed by atoms with van der Waals surface area (Å²) in [7, 11) is 2.88. The van der Waals surface area contributed by atoms with Crippen molar-refractivity contribution in [2.75, 3.05) is 26.0 Å². The largest absolute Gasteiger partial charge is 0.489 e. The highest BCUT2D eigenvalue weighted by molar-refractivity contribution is 5.80. The molecule has 15 heavy (non-hydrogen) atoms. The number of hydrogen-bond acceptors (Lipinski definition) is 5. The van der Waals surface area contributed by atoms with E-state index in [1.807, 2.05) is 0 Å². The molecule has 7 nitrogen and oxygen atoms in total. The fourth-order valence-electron chi connectivity index (χ4n) is 0.955. The van der Waals surface area contributed by atoms with Gasteiger partial charge < -0.3 is 20.4 Å². The number of nitrogens with one attached hydrogen (secondary N) is 3. The zero-order valence-electron chi connectivity index (χ0n) is 8.46. The molecule has 0 saturated carbocycles. The number of amides is 1. The highest BCUT2D eigenvalue weighted by atomic mass is 16.5. The van der Waals surface area contributed by atoms with E-state index in [9.17, 15) is 9.59 Å². The second-order valence-corrected chi connectivity index (χ2v) is 2.64. The van der Waals surface area contributed by atoms with E-state index in [1.165, 1.54) is 20.5 Å². The molecule has 0 unspecified atom stereocenters. The number of ether oxygens (including phenoxy) is 1.